The summed E-state index contributed by atoms with van der Waals surface area (Å²) in [6, 6.07) is 20.0. The monoisotopic (exact) mass is 278 g/mol. The molecule has 0 spiro atoms. The summed E-state index contributed by atoms with van der Waals surface area (Å²) in [5.74, 6) is 0. The van der Waals surface area contributed by atoms with E-state index in [9.17, 15) is 0 Å². The fourth-order valence-corrected chi connectivity index (χ4v) is 0.642. The van der Waals surface area contributed by atoms with Gasteiger partial charge in [-0.2, -0.15) is 36.4 Å². The van der Waals surface area contributed by atoms with Gasteiger partial charge in [-0.1, -0.05) is 0 Å². The average molecular weight is 280 g/mol. The van der Waals surface area contributed by atoms with E-state index in [0.29, 0.717) is 0 Å². The molecule has 0 radical (unpaired) electrons. The van der Waals surface area contributed by atoms with Crippen molar-refractivity contribution in [2.45, 2.75) is 0 Å². The molecule has 0 aliphatic rings. The quantitative estimate of drug-likeness (QED) is 0.491. The topological polar surface area (TPSA) is 0 Å². The van der Waals surface area contributed by atoms with Gasteiger partial charge in [-0.15, -0.1) is 13.2 Å². The molecule has 0 unspecified atom stereocenters. The molecule has 0 saturated carbocycles. The predicted molar refractivity (Wildman–Crippen MR) is 68.2 cm³/mol. The van der Waals surface area contributed by atoms with Crippen LogP contribution in [0.4, 0.5) is 0 Å². The van der Waals surface area contributed by atoms with Crippen LogP contribution in [-0.2, 0) is 26.2 Å². The van der Waals surface area contributed by atoms with Gasteiger partial charge in [0.25, 0.3) is 0 Å². The molecule has 2 aromatic rings. The van der Waals surface area contributed by atoms with E-state index in [-0.39, 0.29) is 41.1 Å². The van der Waals surface area contributed by atoms with Crippen LogP contribution in [-0.4, -0.2) is 0 Å². The van der Waals surface area contributed by atoms with E-state index in [2.05, 4.69) is 13.2 Å². The zero-order valence-electron chi connectivity index (χ0n) is 9.69. The molecule has 0 aliphatic heterocycles. The van der Waals surface area contributed by atoms with Crippen LogP contribution in [0.3, 0.4) is 0 Å². The minimum atomic E-state index is 0. The van der Waals surface area contributed by atoms with E-state index in [1.54, 1.807) is 0 Å². The van der Waals surface area contributed by atoms with E-state index in [4.69, 9.17) is 0 Å². The Labute approximate surface area is 115 Å². The number of hydrogen-bond donors (Lipinski definition) is 0. The third kappa shape index (κ3) is 19.7. The molecule has 2 rings (SSSR count). The van der Waals surface area contributed by atoms with Gasteiger partial charge in [0.05, 0.1) is 0 Å². The standard InChI is InChI=1S/2C5H5.C2H4.2CH3.Zr/c2*1-2-4-5-3-1;1-2;;;/h2*1-5H;1-2H2;2*1H3;/q2*-1;;2*-1;+4. The van der Waals surface area contributed by atoms with Crippen molar-refractivity contribution in [3.8, 4) is 0 Å². The summed E-state index contributed by atoms with van der Waals surface area (Å²) in [6.07, 6.45) is 0. The Balaban J connectivity index is -0.0000000592. The van der Waals surface area contributed by atoms with E-state index >= 15 is 0 Å². The summed E-state index contributed by atoms with van der Waals surface area (Å²) in [6.45, 7) is 6.00. The largest absolute Gasteiger partial charge is 4.00 e. The van der Waals surface area contributed by atoms with E-state index in [1.807, 2.05) is 60.7 Å². The maximum absolute atomic E-state index is 3.00. The second kappa shape index (κ2) is 23.3. The Morgan fingerprint density at radius 2 is 0.800 bits per heavy atom. The third-order valence-electron chi connectivity index (χ3n) is 1.11. The smallest absolute Gasteiger partial charge is 0.358 e. The van der Waals surface area contributed by atoms with Gasteiger partial charge in [0.15, 0.2) is 0 Å². The van der Waals surface area contributed by atoms with Crippen LogP contribution in [0.15, 0.2) is 73.8 Å². The van der Waals surface area contributed by atoms with E-state index < -0.39 is 0 Å². The summed E-state index contributed by atoms with van der Waals surface area (Å²) >= 11 is 0. The molecule has 0 heterocycles. The van der Waals surface area contributed by atoms with Gasteiger partial charge in [-0.05, 0) is 0 Å². The predicted octanol–water partition coefficient (Wildman–Crippen LogP) is 4.51. The minimum Gasteiger partial charge on any atom is -0.358 e. The van der Waals surface area contributed by atoms with Crippen molar-refractivity contribution >= 4 is 0 Å². The molecule has 0 fully saturated rings. The number of hydrogen-bond acceptors (Lipinski definition) is 0. The first kappa shape index (κ1) is 23.9. The van der Waals surface area contributed by atoms with Crippen LogP contribution in [0.2, 0.25) is 0 Å². The minimum absolute atomic E-state index is 0. The molecular formula is C14H20Zr. The molecule has 80 valence electrons. The zero-order chi connectivity index (χ0) is 9.07. The fourth-order valence-electron chi connectivity index (χ4n) is 0.642. The Bertz CT molecular complexity index is 157. The molecule has 0 aliphatic carbocycles. The molecule has 1 heteroatoms. The molecule has 0 saturated heterocycles. The summed E-state index contributed by atoms with van der Waals surface area (Å²) in [5, 5.41) is 0. The van der Waals surface area contributed by atoms with Crippen LogP contribution < -0.4 is 0 Å². The van der Waals surface area contributed by atoms with Gasteiger partial charge < -0.3 is 14.9 Å². The molecule has 15 heavy (non-hydrogen) atoms. The second-order valence-corrected chi connectivity index (χ2v) is 1.92. The van der Waals surface area contributed by atoms with Gasteiger partial charge in [-0.25, -0.2) is 24.3 Å². The average Bonchev–Trinajstić information content (AvgIpc) is 2.87. The van der Waals surface area contributed by atoms with Crippen molar-refractivity contribution in [1.82, 2.24) is 0 Å². The van der Waals surface area contributed by atoms with E-state index in [0.717, 1.165) is 0 Å². The molecule has 0 atom stereocenters. The maximum Gasteiger partial charge on any atom is 4.00 e. The fraction of sp³-hybridized carbons (Fsp3) is 0. The van der Waals surface area contributed by atoms with Crippen molar-refractivity contribution in [1.29, 1.82) is 0 Å². The molecule has 0 aromatic heterocycles. The van der Waals surface area contributed by atoms with Crippen molar-refractivity contribution in [2.75, 3.05) is 0 Å². The maximum atomic E-state index is 3.00. The van der Waals surface area contributed by atoms with Gasteiger partial charge >= 0.3 is 26.2 Å². The second-order valence-electron chi connectivity index (χ2n) is 1.92. The van der Waals surface area contributed by atoms with Gasteiger partial charge in [0.2, 0.25) is 0 Å². The van der Waals surface area contributed by atoms with Crippen LogP contribution in [0.1, 0.15) is 0 Å². The molecule has 0 N–H and O–H groups in total. The Morgan fingerprint density at radius 1 is 0.600 bits per heavy atom. The molecule has 0 bridgehead atoms. The number of rotatable bonds is 0. The van der Waals surface area contributed by atoms with Crippen LogP contribution in [0.5, 0.6) is 0 Å². The summed E-state index contributed by atoms with van der Waals surface area (Å²) in [4.78, 5) is 0. The van der Waals surface area contributed by atoms with Gasteiger partial charge in [-0.3, -0.25) is 0 Å². The van der Waals surface area contributed by atoms with Crippen molar-refractivity contribution in [3.05, 3.63) is 88.7 Å². The Morgan fingerprint density at radius 3 is 0.867 bits per heavy atom. The SMILES string of the molecule is C=C.[CH3-].[CH3-].[Zr+4].c1cc[cH-]c1.c1cc[cH-]c1. The van der Waals surface area contributed by atoms with Crippen LogP contribution >= 0.6 is 0 Å². The first-order valence-corrected chi connectivity index (χ1v) is 3.83. The summed E-state index contributed by atoms with van der Waals surface area (Å²) < 4.78 is 0. The Hall–Kier alpha value is -0.677. The molecule has 0 amide bonds. The molecular weight excluding hydrogens is 259 g/mol. The summed E-state index contributed by atoms with van der Waals surface area (Å²) in [5.41, 5.74) is 0. The van der Waals surface area contributed by atoms with Gasteiger partial charge in [0.1, 0.15) is 0 Å². The van der Waals surface area contributed by atoms with Crippen molar-refractivity contribution in [2.24, 2.45) is 0 Å². The van der Waals surface area contributed by atoms with Crippen LogP contribution in [0.25, 0.3) is 0 Å². The first-order valence-electron chi connectivity index (χ1n) is 3.83. The Kier molecular flexibility index (Phi) is 37.0. The molecule has 0 nitrogen and oxygen atoms in total. The summed E-state index contributed by atoms with van der Waals surface area (Å²) in [7, 11) is 0. The van der Waals surface area contributed by atoms with Crippen LogP contribution in [0, 0.1) is 14.9 Å². The molecule has 2 aromatic carbocycles. The third-order valence-corrected chi connectivity index (χ3v) is 1.11. The zero-order valence-corrected chi connectivity index (χ0v) is 12.1. The van der Waals surface area contributed by atoms with E-state index in [1.165, 1.54) is 0 Å². The first-order chi connectivity index (χ1) is 6.00. The normalized spacial score (nSPS) is 5.60. The van der Waals surface area contributed by atoms with Gasteiger partial charge in [0, 0.05) is 0 Å². The van der Waals surface area contributed by atoms with Crippen molar-refractivity contribution in [3.63, 3.8) is 0 Å². The van der Waals surface area contributed by atoms with Crippen molar-refractivity contribution < 1.29 is 26.2 Å².